The quantitative estimate of drug-likeness (QED) is 0.700. The summed E-state index contributed by atoms with van der Waals surface area (Å²) >= 11 is 5.77. The van der Waals surface area contributed by atoms with Crippen LogP contribution in [0.5, 0.6) is 0 Å². The molecule has 0 bridgehead atoms. The zero-order valence-corrected chi connectivity index (χ0v) is 15.4. The van der Waals surface area contributed by atoms with Crippen molar-refractivity contribution in [2.75, 3.05) is 23.3 Å². The molecule has 4 nitrogen and oxygen atoms in total. The van der Waals surface area contributed by atoms with E-state index in [-0.39, 0.29) is 16.8 Å². The van der Waals surface area contributed by atoms with Crippen molar-refractivity contribution in [3.05, 3.63) is 65.4 Å². The molecule has 1 fully saturated rings. The summed E-state index contributed by atoms with van der Waals surface area (Å²) in [6, 6.07) is 16.4. The first-order valence-electron chi connectivity index (χ1n) is 8.97. The Kier molecular flexibility index (Phi) is 4.94. The molecule has 0 radical (unpaired) electrons. The van der Waals surface area contributed by atoms with Crippen LogP contribution in [0.3, 0.4) is 0 Å². The van der Waals surface area contributed by atoms with E-state index in [4.69, 9.17) is 16.6 Å². The molecule has 0 saturated carbocycles. The maximum Gasteiger partial charge on any atom is 0.227 e. The number of fused-ring (bicyclic) bond motifs is 1. The van der Waals surface area contributed by atoms with Gasteiger partial charge in [0, 0.05) is 30.1 Å². The fourth-order valence-electron chi connectivity index (χ4n) is 3.42. The summed E-state index contributed by atoms with van der Waals surface area (Å²) in [5, 5.41) is 3.96. The molecule has 3 aromatic rings. The Morgan fingerprint density at radius 1 is 1.11 bits per heavy atom. The molecule has 1 aliphatic rings. The molecule has 0 spiro atoms. The van der Waals surface area contributed by atoms with Crippen LogP contribution in [0, 0.1) is 11.7 Å². The second-order valence-corrected chi connectivity index (χ2v) is 7.15. The second-order valence-electron chi connectivity index (χ2n) is 6.74. The minimum absolute atomic E-state index is 0.00463. The highest BCUT2D eigenvalue weighted by atomic mass is 35.5. The van der Waals surface area contributed by atoms with Gasteiger partial charge in [-0.05, 0) is 49.2 Å². The van der Waals surface area contributed by atoms with Crippen LogP contribution < -0.4 is 10.2 Å². The van der Waals surface area contributed by atoms with Gasteiger partial charge in [-0.3, -0.25) is 4.79 Å². The number of nitrogens with zero attached hydrogens (tertiary/aromatic N) is 2. The molecule has 1 aromatic heterocycles. The molecule has 1 N–H and O–H groups in total. The number of piperidine rings is 1. The van der Waals surface area contributed by atoms with Crippen molar-refractivity contribution in [1.29, 1.82) is 0 Å². The number of carbonyl (C=O) groups is 1. The number of anilines is 2. The molecular formula is C21H19ClFN3O. The molecule has 1 saturated heterocycles. The number of amides is 1. The van der Waals surface area contributed by atoms with Gasteiger partial charge >= 0.3 is 0 Å². The normalized spacial score (nSPS) is 15.1. The fraction of sp³-hybridized carbons (Fsp3) is 0.238. The Bertz CT molecular complexity index is 986. The lowest BCUT2D eigenvalue weighted by molar-refractivity contribution is -0.120. The van der Waals surface area contributed by atoms with Crippen LogP contribution in [0.2, 0.25) is 5.02 Å². The van der Waals surface area contributed by atoms with Gasteiger partial charge in [0.05, 0.1) is 10.5 Å². The standard InChI is InChI=1S/C21H19ClFN3O/c22-17-13-16(6-7-18(17)23)24-21(27)15-9-11-26(12-10-15)20-8-5-14-3-1-2-4-19(14)25-20/h1-8,13,15H,9-12H2,(H,24,27). The summed E-state index contributed by atoms with van der Waals surface area (Å²) in [4.78, 5) is 19.4. The van der Waals surface area contributed by atoms with Crippen LogP contribution in [0.1, 0.15) is 12.8 Å². The number of nitrogens with one attached hydrogen (secondary N) is 1. The minimum Gasteiger partial charge on any atom is -0.357 e. The largest absolute Gasteiger partial charge is 0.357 e. The summed E-state index contributed by atoms with van der Waals surface area (Å²) in [6.45, 7) is 1.54. The molecule has 138 valence electrons. The van der Waals surface area contributed by atoms with E-state index in [0.717, 1.165) is 42.7 Å². The molecule has 0 unspecified atom stereocenters. The van der Waals surface area contributed by atoms with Crippen molar-refractivity contribution in [2.24, 2.45) is 5.92 Å². The SMILES string of the molecule is O=C(Nc1ccc(F)c(Cl)c1)C1CCN(c2ccc3ccccc3n2)CC1. The van der Waals surface area contributed by atoms with E-state index in [2.05, 4.69) is 16.3 Å². The Hall–Kier alpha value is -2.66. The summed E-state index contributed by atoms with van der Waals surface area (Å²) in [5.74, 6) is 0.318. The highest BCUT2D eigenvalue weighted by Gasteiger charge is 2.26. The zero-order valence-electron chi connectivity index (χ0n) is 14.7. The average Bonchev–Trinajstić information content (AvgIpc) is 2.70. The van der Waals surface area contributed by atoms with Gasteiger partial charge in [-0.25, -0.2) is 9.37 Å². The van der Waals surface area contributed by atoms with E-state index in [1.165, 1.54) is 18.2 Å². The van der Waals surface area contributed by atoms with Crippen molar-refractivity contribution in [1.82, 2.24) is 4.98 Å². The van der Waals surface area contributed by atoms with E-state index in [1.54, 1.807) is 0 Å². The van der Waals surface area contributed by atoms with E-state index >= 15 is 0 Å². The van der Waals surface area contributed by atoms with E-state index in [9.17, 15) is 9.18 Å². The summed E-state index contributed by atoms with van der Waals surface area (Å²) in [5.41, 5.74) is 1.49. The lowest BCUT2D eigenvalue weighted by atomic mass is 9.95. The third-order valence-corrected chi connectivity index (χ3v) is 5.25. The monoisotopic (exact) mass is 383 g/mol. The second kappa shape index (κ2) is 7.53. The van der Waals surface area contributed by atoms with Crippen molar-refractivity contribution in [3.8, 4) is 0 Å². The minimum atomic E-state index is -0.495. The van der Waals surface area contributed by atoms with Gasteiger partial charge in [0.1, 0.15) is 11.6 Å². The van der Waals surface area contributed by atoms with Crippen molar-refractivity contribution < 1.29 is 9.18 Å². The maximum absolute atomic E-state index is 13.2. The van der Waals surface area contributed by atoms with Crippen molar-refractivity contribution >= 4 is 39.9 Å². The Labute approximate surface area is 162 Å². The third-order valence-electron chi connectivity index (χ3n) is 4.96. The number of pyridine rings is 1. The van der Waals surface area contributed by atoms with Crippen molar-refractivity contribution in [2.45, 2.75) is 12.8 Å². The number of rotatable bonds is 3. The van der Waals surface area contributed by atoms with E-state index in [1.807, 2.05) is 30.3 Å². The van der Waals surface area contributed by atoms with Gasteiger partial charge in [-0.15, -0.1) is 0 Å². The number of aromatic nitrogens is 1. The fourth-order valence-corrected chi connectivity index (χ4v) is 3.60. The van der Waals surface area contributed by atoms with Gasteiger partial charge in [-0.1, -0.05) is 29.8 Å². The highest BCUT2D eigenvalue weighted by Crippen LogP contribution is 2.26. The third kappa shape index (κ3) is 3.88. The first-order valence-corrected chi connectivity index (χ1v) is 9.34. The molecule has 1 aliphatic heterocycles. The molecular weight excluding hydrogens is 365 g/mol. The van der Waals surface area contributed by atoms with Crippen LogP contribution >= 0.6 is 11.6 Å². The number of halogens is 2. The molecule has 6 heteroatoms. The number of hydrogen-bond donors (Lipinski definition) is 1. The van der Waals surface area contributed by atoms with Gasteiger partial charge in [-0.2, -0.15) is 0 Å². The van der Waals surface area contributed by atoms with Gasteiger partial charge < -0.3 is 10.2 Å². The molecule has 2 heterocycles. The number of para-hydroxylation sites is 1. The Morgan fingerprint density at radius 3 is 2.67 bits per heavy atom. The topological polar surface area (TPSA) is 45.2 Å². The molecule has 1 amide bonds. The highest BCUT2D eigenvalue weighted by molar-refractivity contribution is 6.31. The van der Waals surface area contributed by atoms with E-state index in [0.29, 0.717) is 5.69 Å². The summed E-state index contributed by atoms with van der Waals surface area (Å²) < 4.78 is 13.2. The van der Waals surface area contributed by atoms with Crippen LogP contribution in [-0.2, 0) is 4.79 Å². The van der Waals surface area contributed by atoms with Crippen molar-refractivity contribution in [3.63, 3.8) is 0 Å². The van der Waals surface area contributed by atoms with Crippen LogP contribution in [-0.4, -0.2) is 24.0 Å². The van der Waals surface area contributed by atoms with Gasteiger partial charge in [0.15, 0.2) is 0 Å². The predicted octanol–water partition coefficient (Wildman–Crippen LogP) is 4.88. The summed E-state index contributed by atoms with van der Waals surface area (Å²) in [6.07, 6.45) is 1.49. The maximum atomic E-state index is 13.2. The van der Waals surface area contributed by atoms with Crippen LogP contribution in [0.4, 0.5) is 15.9 Å². The van der Waals surface area contributed by atoms with Gasteiger partial charge in [0.2, 0.25) is 5.91 Å². The summed E-state index contributed by atoms with van der Waals surface area (Å²) in [7, 11) is 0. The molecule has 0 aliphatic carbocycles. The molecule has 2 aromatic carbocycles. The number of benzene rings is 2. The number of carbonyl (C=O) groups excluding carboxylic acids is 1. The lowest BCUT2D eigenvalue weighted by Gasteiger charge is -2.32. The molecule has 27 heavy (non-hydrogen) atoms. The Balaban J connectivity index is 1.38. The van der Waals surface area contributed by atoms with Crippen LogP contribution in [0.25, 0.3) is 10.9 Å². The number of hydrogen-bond acceptors (Lipinski definition) is 3. The first kappa shape index (κ1) is 17.7. The van der Waals surface area contributed by atoms with Gasteiger partial charge in [0.25, 0.3) is 0 Å². The van der Waals surface area contributed by atoms with Crippen LogP contribution in [0.15, 0.2) is 54.6 Å². The Morgan fingerprint density at radius 2 is 1.89 bits per heavy atom. The first-order chi connectivity index (χ1) is 13.1. The molecule has 0 atom stereocenters. The van der Waals surface area contributed by atoms with E-state index < -0.39 is 5.82 Å². The molecule has 4 rings (SSSR count). The predicted molar refractivity (Wildman–Crippen MR) is 107 cm³/mol. The zero-order chi connectivity index (χ0) is 18.8. The smallest absolute Gasteiger partial charge is 0.227 e. The lowest BCUT2D eigenvalue weighted by Crippen LogP contribution is -2.38. The average molecular weight is 384 g/mol.